The van der Waals surface area contributed by atoms with E-state index in [1.54, 1.807) is 15.8 Å². The van der Waals surface area contributed by atoms with Gasteiger partial charge in [-0.3, -0.25) is 0 Å². The van der Waals surface area contributed by atoms with Gasteiger partial charge in [-0.2, -0.15) is 92.7 Å². The quantitative estimate of drug-likeness (QED) is 0.130. The second-order valence-electron chi connectivity index (χ2n) is 12.8. The summed E-state index contributed by atoms with van der Waals surface area (Å²) >= 11 is 0. The predicted octanol–water partition coefficient (Wildman–Crippen LogP) is 12.4. The van der Waals surface area contributed by atoms with E-state index in [2.05, 4.69) is 67.8 Å². The van der Waals surface area contributed by atoms with Crippen molar-refractivity contribution in [2.75, 3.05) is 0 Å². The minimum Gasteiger partial charge on any atom is -0.305 e. The first-order chi connectivity index (χ1) is 28.8. The number of halogens is 6. The fourth-order valence-electron chi connectivity index (χ4n) is 5.62. The zero-order valence-electron chi connectivity index (χ0n) is 32.4. The molecule has 7 nitrogen and oxygen atoms in total. The average molecular weight is 1000 g/mol. The molecule has 14 heteroatoms. The first-order valence-electron chi connectivity index (χ1n) is 18.3. The molecule has 61 heavy (non-hydrogen) atoms. The first kappa shape index (κ1) is 45.3. The van der Waals surface area contributed by atoms with Crippen LogP contribution in [0.25, 0.3) is 66.2 Å². The third kappa shape index (κ3) is 13.6. The van der Waals surface area contributed by atoms with Crippen molar-refractivity contribution in [2.45, 2.75) is 26.2 Å². The topological polar surface area (TPSA) is 74.3 Å². The van der Waals surface area contributed by atoms with E-state index in [0.717, 1.165) is 66.2 Å². The van der Waals surface area contributed by atoms with Gasteiger partial charge < -0.3 is 4.98 Å². The van der Waals surface area contributed by atoms with Gasteiger partial charge in [-0.1, -0.05) is 72.8 Å². The van der Waals surface area contributed by atoms with Gasteiger partial charge >= 0.3 is 32.5 Å². The molecule has 0 N–H and O–H groups in total. The van der Waals surface area contributed by atoms with Crippen LogP contribution < -0.4 is 0 Å². The van der Waals surface area contributed by atoms with Gasteiger partial charge in [0.1, 0.15) is 22.1 Å². The fourth-order valence-corrected chi connectivity index (χ4v) is 5.62. The van der Waals surface area contributed by atoms with Crippen LogP contribution in [0.5, 0.6) is 0 Å². The predicted molar refractivity (Wildman–Crippen MR) is 222 cm³/mol. The van der Waals surface area contributed by atoms with Gasteiger partial charge in [0, 0.05) is 20.0 Å². The second-order valence-corrected chi connectivity index (χ2v) is 12.8. The molecule has 0 unspecified atom stereocenters. The van der Waals surface area contributed by atoms with Crippen LogP contribution in [-0.2, 0) is 20.1 Å². The van der Waals surface area contributed by atoms with E-state index < -0.39 is 12.4 Å². The van der Waals surface area contributed by atoms with E-state index in [9.17, 15) is 26.3 Å². The molecule has 0 aliphatic carbocycles. The summed E-state index contributed by atoms with van der Waals surface area (Å²) in [4.78, 5) is 7.54. The van der Waals surface area contributed by atoms with Crippen LogP contribution in [0.15, 0.2) is 170 Å². The van der Waals surface area contributed by atoms with E-state index >= 15 is 0 Å². The molecule has 3 heterocycles. The summed E-state index contributed by atoms with van der Waals surface area (Å²) in [6.45, 7) is 0.375. The van der Waals surface area contributed by atoms with Gasteiger partial charge in [-0.05, 0) is 47.4 Å². The molecule has 7 aromatic carbocycles. The van der Waals surface area contributed by atoms with E-state index in [1.165, 1.54) is 0 Å². The molecule has 10 aromatic rings. The van der Waals surface area contributed by atoms with Crippen molar-refractivity contribution in [1.82, 2.24) is 35.0 Å². The molecule has 10 rings (SSSR count). The van der Waals surface area contributed by atoms with Crippen LogP contribution in [0.4, 0.5) is 26.3 Å². The minimum atomic E-state index is -4.00. The largest absolute Gasteiger partial charge is 3.00 e. The van der Waals surface area contributed by atoms with Crippen molar-refractivity contribution in [1.29, 1.82) is 0 Å². The summed E-state index contributed by atoms with van der Waals surface area (Å²) in [5, 5.41) is 22.6. The Morgan fingerprint density at radius 3 is 1.18 bits per heavy atom. The Bertz CT molecular complexity index is 2610. The molecule has 0 atom stereocenters. The number of nitrogens with zero attached hydrogens (tertiary/aromatic N) is 7. The Kier molecular flexibility index (Phi) is 15.6. The Labute approximate surface area is 360 Å². The third-order valence-electron chi connectivity index (χ3n) is 8.02. The molecule has 0 amide bonds. The van der Waals surface area contributed by atoms with Crippen molar-refractivity contribution in [3.63, 3.8) is 0 Å². The maximum atomic E-state index is 10.4. The standard InChI is InChI=1S/2C16H10N3.C11H8N.2C2H3F3.Ir/c2*1-2-8-13-12(6-1)7-5-11-16(13)19-17-14-9-3-4-10-15(14)18-19;1-2-6-10(7-3-1)11-8-4-5-9-12-11;2*1-2(3,4)5;/h2*1-10H;1-6,8-9H;2*1H3;/q3*-1;;;+3. The summed E-state index contributed by atoms with van der Waals surface area (Å²) in [6.07, 6.45) is -6.21. The van der Waals surface area contributed by atoms with Gasteiger partial charge in [0.15, 0.2) is 0 Å². The number of aromatic nitrogens is 7. The smallest absolute Gasteiger partial charge is 0.305 e. The molecule has 0 saturated carbocycles. The normalized spacial score (nSPS) is 10.8. The fraction of sp³-hybridized carbons (Fsp3) is 0.0851. The number of fused-ring (bicyclic) bond motifs is 4. The van der Waals surface area contributed by atoms with Crippen molar-refractivity contribution in [2.24, 2.45) is 0 Å². The number of benzene rings is 7. The molecule has 0 spiro atoms. The van der Waals surface area contributed by atoms with Gasteiger partial charge in [0.25, 0.3) is 0 Å². The average Bonchev–Trinajstić information content (AvgIpc) is 3.88. The SMILES string of the molecule is CC(F)(F)F.CC(F)(F)F.[Ir+3].[c-]1ccc2ccccc2c1-n1nc2ccccc2n1.[c-]1ccc2ccccc2c1-n1nc2ccccc2n1.[c-]1ccccc1-c1ccccn1. The number of hydrogen-bond acceptors (Lipinski definition) is 5. The summed E-state index contributed by atoms with van der Waals surface area (Å²) < 4.78 is 62.1. The number of pyridine rings is 1. The maximum absolute atomic E-state index is 10.4. The molecule has 0 saturated heterocycles. The van der Waals surface area contributed by atoms with Crippen LogP contribution in [-0.4, -0.2) is 47.3 Å². The summed E-state index contributed by atoms with van der Waals surface area (Å²) in [7, 11) is 0. The van der Waals surface area contributed by atoms with Crippen LogP contribution in [0.2, 0.25) is 0 Å². The summed E-state index contributed by atoms with van der Waals surface area (Å²) in [6, 6.07) is 63.3. The van der Waals surface area contributed by atoms with Crippen LogP contribution >= 0.6 is 0 Å². The van der Waals surface area contributed by atoms with Crippen LogP contribution in [0.1, 0.15) is 13.8 Å². The van der Waals surface area contributed by atoms with Gasteiger partial charge in [-0.25, -0.2) is 0 Å². The van der Waals surface area contributed by atoms with Crippen molar-refractivity contribution >= 4 is 43.6 Å². The Hall–Kier alpha value is -6.76. The van der Waals surface area contributed by atoms with Crippen molar-refractivity contribution in [3.05, 3.63) is 188 Å². The Morgan fingerprint density at radius 1 is 0.426 bits per heavy atom. The molecule has 308 valence electrons. The summed E-state index contributed by atoms with van der Waals surface area (Å²) in [5.74, 6) is 0. The second kappa shape index (κ2) is 21.0. The monoisotopic (exact) mass is 1000 g/mol. The molecule has 0 fully saturated rings. The van der Waals surface area contributed by atoms with Crippen molar-refractivity contribution < 1.29 is 46.4 Å². The van der Waals surface area contributed by atoms with Gasteiger partial charge in [0.05, 0.1) is 0 Å². The van der Waals surface area contributed by atoms with E-state index in [4.69, 9.17) is 0 Å². The Morgan fingerprint density at radius 2 is 0.803 bits per heavy atom. The number of alkyl halides is 6. The van der Waals surface area contributed by atoms with E-state index in [-0.39, 0.29) is 34.0 Å². The van der Waals surface area contributed by atoms with Crippen LogP contribution in [0, 0.1) is 18.2 Å². The maximum Gasteiger partial charge on any atom is 3.00 e. The molecule has 0 aliphatic rings. The van der Waals surface area contributed by atoms with Gasteiger partial charge in [-0.15, -0.1) is 69.6 Å². The summed E-state index contributed by atoms with van der Waals surface area (Å²) in [5.41, 5.74) is 7.35. The van der Waals surface area contributed by atoms with Crippen LogP contribution in [0.3, 0.4) is 0 Å². The molecule has 0 radical (unpaired) electrons. The first-order valence-corrected chi connectivity index (χ1v) is 18.3. The number of hydrogen-bond donors (Lipinski definition) is 0. The molecular weight excluding hydrogens is 969 g/mol. The van der Waals surface area contributed by atoms with E-state index in [0.29, 0.717) is 0 Å². The molecule has 0 aliphatic heterocycles. The Balaban J connectivity index is 0.000000158. The van der Waals surface area contributed by atoms with Gasteiger partial charge in [0.2, 0.25) is 0 Å². The van der Waals surface area contributed by atoms with Crippen molar-refractivity contribution in [3.8, 4) is 22.6 Å². The molecular formula is C47H34F6IrN7. The third-order valence-corrected chi connectivity index (χ3v) is 8.02. The number of rotatable bonds is 3. The zero-order valence-corrected chi connectivity index (χ0v) is 34.8. The minimum absolute atomic E-state index is 0. The van der Waals surface area contributed by atoms with E-state index in [1.807, 2.05) is 140 Å². The molecule has 3 aromatic heterocycles. The molecule has 0 bridgehead atoms. The zero-order chi connectivity index (χ0) is 42.5.